The average molecular weight is 188 g/mol. The summed E-state index contributed by atoms with van der Waals surface area (Å²) in [6, 6.07) is 9.88. The van der Waals surface area contributed by atoms with Crippen LogP contribution in [0.5, 0.6) is 0 Å². The highest BCUT2D eigenvalue weighted by atomic mass is 16.1. The van der Waals surface area contributed by atoms with E-state index in [1.165, 1.54) is 0 Å². The number of ketones is 1. The smallest absolute Gasteiger partial charge is 0.155 e. The summed E-state index contributed by atoms with van der Waals surface area (Å²) in [6.07, 6.45) is 6.27. The molecule has 0 aliphatic carbocycles. The Balaban J connectivity index is 2.44. The molecule has 1 nitrogen and oxygen atoms in total. The molecule has 1 aromatic rings. The van der Waals surface area contributed by atoms with E-state index in [1.807, 2.05) is 36.4 Å². The molecule has 14 heavy (non-hydrogen) atoms. The minimum absolute atomic E-state index is 0.218. The van der Waals surface area contributed by atoms with Gasteiger partial charge in [0.25, 0.3) is 0 Å². The molecule has 0 aromatic heterocycles. The van der Waals surface area contributed by atoms with Crippen LogP contribution in [-0.4, -0.2) is 5.78 Å². The van der Waals surface area contributed by atoms with Crippen molar-refractivity contribution >= 4 is 11.9 Å². The summed E-state index contributed by atoms with van der Waals surface area (Å²) >= 11 is 0. The summed E-state index contributed by atoms with van der Waals surface area (Å²) in [6.45, 7) is 2.09. The molecule has 0 fully saturated rings. The molecule has 0 amide bonds. The molecule has 0 spiro atoms. The minimum atomic E-state index is 0.218. The van der Waals surface area contributed by atoms with Crippen LogP contribution in [0.2, 0.25) is 0 Å². The van der Waals surface area contributed by atoms with Gasteiger partial charge in [0.05, 0.1) is 0 Å². The number of benzene rings is 1. The van der Waals surface area contributed by atoms with Crippen molar-refractivity contribution in [2.45, 2.75) is 26.2 Å². The van der Waals surface area contributed by atoms with Gasteiger partial charge < -0.3 is 0 Å². The lowest BCUT2D eigenvalue weighted by Gasteiger charge is -1.92. The second-order valence-corrected chi connectivity index (χ2v) is 3.31. The molecule has 1 aromatic carbocycles. The lowest BCUT2D eigenvalue weighted by Crippen LogP contribution is -1.90. The number of carbonyl (C=O) groups is 1. The van der Waals surface area contributed by atoms with Crippen molar-refractivity contribution in [3.8, 4) is 0 Å². The van der Waals surface area contributed by atoms with Crippen molar-refractivity contribution in [2.24, 2.45) is 0 Å². The maximum absolute atomic E-state index is 11.3. The van der Waals surface area contributed by atoms with E-state index in [9.17, 15) is 4.79 Å². The van der Waals surface area contributed by atoms with E-state index in [0.717, 1.165) is 18.4 Å². The monoisotopic (exact) mass is 188 g/mol. The first-order chi connectivity index (χ1) is 6.83. The fourth-order valence-corrected chi connectivity index (χ4v) is 1.19. The number of hydrogen-bond donors (Lipinski definition) is 0. The van der Waals surface area contributed by atoms with Gasteiger partial charge in [-0.05, 0) is 18.1 Å². The van der Waals surface area contributed by atoms with Crippen molar-refractivity contribution in [1.82, 2.24) is 0 Å². The summed E-state index contributed by atoms with van der Waals surface area (Å²) in [5.41, 5.74) is 1.08. The van der Waals surface area contributed by atoms with Crippen molar-refractivity contribution in [3.05, 3.63) is 42.0 Å². The molecular weight excluding hydrogens is 172 g/mol. The standard InChI is InChI=1S/C13H16O/c1-2-3-9-13(14)11-10-12-7-5-4-6-8-12/h4-8,10-11H,2-3,9H2,1H3. The van der Waals surface area contributed by atoms with E-state index >= 15 is 0 Å². The van der Waals surface area contributed by atoms with Crippen LogP contribution < -0.4 is 0 Å². The fraction of sp³-hybridized carbons (Fsp3) is 0.308. The molecule has 0 N–H and O–H groups in total. The molecule has 0 radical (unpaired) electrons. The van der Waals surface area contributed by atoms with Gasteiger partial charge >= 0.3 is 0 Å². The molecule has 0 aliphatic rings. The third-order valence-electron chi connectivity index (χ3n) is 2.04. The SMILES string of the molecule is CCCCC(=O)C=Cc1ccccc1. The van der Waals surface area contributed by atoms with Crippen LogP contribution in [0.3, 0.4) is 0 Å². The van der Waals surface area contributed by atoms with E-state index < -0.39 is 0 Å². The molecule has 0 aliphatic heterocycles. The van der Waals surface area contributed by atoms with Crippen molar-refractivity contribution in [3.63, 3.8) is 0 Å². The predicted octanol–water partition coefficient (Wildman–Crippen LogP) is 3.46. The minimum Gasteiger partial charge on any atom is -0.295 e. The second kappa shape index (κ2) is 6.14. The normalized spacial score (nSPS) is 10.6. The highest BCUT2D eigenvalue weighted by Gasteiger charge is 1.94. The first-order valence-corrected chi connectivity index (χ1v) is 5.09. The molecule has 0 heterocycles. The first-order valence-electron chi connectivity index (χ1n) is 5.09. The van der Waals surface area contributed by atoms with Crippen LogP contribution in [0.25, 0.3) is 6.08 Å². The molecule has 0 bridgehead atoms. The van der Waals surface area contributed by atoms with Crippen molar-refractivity contribution < 1.29 is 4.79 Å². The van der Waals surface area contributed by atoms with Crippen LogP contribution in [0.1, 0.15) is 31.7 Å². The van der Waals surface area contributed by atoms with E-state index in [4.69, 9.17) is 0 Å². The van der Waals surface area contributed by atoms with Gasteiger partial charge in [-0.15, -0.1) is 0 Å². The number of carbonyl (C=O) groups excluding carboxylic acids is 1. The largest absolute Gasteiger partial charge is 0.295 e. The Morgan fingerprint density at radius 2 is 2.00 bits per heavy atom. The topological polar surface area (TPSA) is 17.1 Å². The Morgan fingerprint density at radius 1 is 1.29 bits per heavy atom. The molecule has 1 rings (SSSR count). The van der Waals surface area contributed by atoms with Crippen LogP contribution in [0.15, 0.2) is 36.4 Å². The molecular formula is C13H16O. The summed E-state index contributed by atoms with van der Waals surface area (Å²) in [4.78, 5) is 11.3. The van der Waals surface area contributed by atoms with Crippen LogP contribution >= 0.6 is 0 Å². The zero-order valence-electron chi connectivity index (χ0n) is 8.57. The van der Waals surface area contributed by atoms with Gasteiger partial charge in [-0.1, -0.05) is 49.8 Å². The van der Waals surface area contributed by atoms with Crippen LogP contribution in [0.4, 0.5) is 0 Å². The summed E-state index contributed by atoms with van der Waals surface area (Å²) in [7, 11) is 0. The third kappa shape index (κ3) is 4.04. The summed E-state index contributed by atoms with van der Waals surface area (Å²) in [5, 5.41) is 0. The number of rotatable bonds is 5. The molecule has 1 heteroatoms. The Labute approximate surface area is 85.5 Å². The maximum atomic E-state index is 11.3. The Kier molecular flexibility index (Phi) is 4.70. The summed E-state index contributed by atoms with van der Waals surface area (Å²) in [5.74, 6) is 0.218. The highest BCUT2D eigenvalue weighted by molar-refractivity contribution is 5.93. The number of hydrogen-bond acceptors (Lipinski definition) is 1. The van der Waals surface area contributed by atoms with Gasteiger partial charge in [0.1, 0.15) is 0 Å². The molecule has 0 saturated carbocycles. The molecule has 74 valence electrons. The Hall–Kier alpha value is -1.37. The van der Waals surface area contributed by atoms with Gasteiger partial charge in [-0.25, -0.2) is 0 Å². The summed E-state index contributed by atoms with van der Waals surface area (Å²) < 4.78 is 0. The van der Waals surface area contributed by atoms with Crippen molar-refractivity contribution in [2.75, 3.05) is 0 Å². The van der Waals surface area contributed by atoms with Gasteiger partial charge in [0.2, 0.25) is 0 Å². The van der Waals surface area contributed by atoms with E-state index in [2.05, 4.69) is 6.92 Å². The van der Waals surface area contributed by atoms with Gasteiger partial charge in [-0.3, -0.25) is 4.79 Å². The average Bonchev–Trinajstić information content (AvgIpc) is 2.25. The third-order valence-corrected chi connectivity index (χ3v) is 2.04. The van der Waals surface area contributed by atoms with Gasteiger partial charge in [0, 0.05) is 6.42 Å². The first kappa shape index (κ1) is 10.7. The van der Waals surface area contributed by atoms with E-state index in [0.29, 0.717) is 6.42 Å². The fourth-order valence-electron chi connectivity index (χ4n) is 1.19. The van der Waals surface area contributed by atoms with E-state index in [-0.39, 0.29) is 5.78 Å². The van der Waals surface area contributed by atoms with Crippen LogP contribution in [0, 0.1) is 0 Å². The molecule has 0 unspecified atom stereocenters. The Morgan fingerprint density at radius 3 is 2.64 bits per heavy atom. The van der Waals surface area contributed by atoms with Crippen LogP contribution in [-0.2, 0) is 4.79 Å². The highest BCUT2D eigenvalue weighted by Crippen LogP contribution is 2.03. The second-order valence-electron chi connectivity index (χ2n) is 3.31. The Bertz CT molecular complexity index is 298. The lowest BCUT2D eigenvalue weighted by molar-refractivity contribution is -0.114. The zero-order valence-corrected chi connectivity index (χ0v) is 8.57. The number of allylic oxidation sites excluding steroid dienone is 1. The maximum Gasteiger partial charge on any atom is 0.155 e. The van der Waals surface area contributed by atoms with Crippen molar-refractivity contribution in [1.29, 1.82) is 0 Å². The van der Waals surface area contributed by atoms with Gasteiger partial charge in [-0.2, -0.15) is 0 Å². The zero-order chi connectivity index (χ0) is 10.2. The predicted molar refractivity (Wildman–Crippen MR) is 60.0 cm³/mol. The van der Waals surface area contributed by atoms with E-state index in [1.54, 1.807) is 6.08 Å². The lowest BCUT2D eigenvalue weighted by atomic mass is 10.1. The quantitative estimate of drug-likeness (QED) is 0.647. The molecule has 0 saturated heterocycles. The number of unbranched alkanes of at least 4 members (excludes halogenated alkanes) is 1. The molecule has 0 atom stereocenters. The van der Waals surface area contributed by atoms with Gasteiger partial charge in [0.15, 0.2) is 5.78 Å².